The van der Waals surface area contributed by atoms with Gasteiger partial charge in [-0.15, -0.1) is 0 Å². The molecule has 1 N–H and O–H groups in total. The maximum atomic E-state index is 11.6. The van der Waals surface area contributed by atoms with Gasteiger partial charge in [0.05, 0.1) is 12.2 Å². The highest BCUT2D eigenvalue weighted by Crippen LogP contribution is 2.06. The summed E-state index contributed by atoms with van der Waals surface area (Å²) in [6.07, 6.45) is 3.00. The minimum atomic E-state index is -0.519. The Balaban J connectivity index is 2.46. The van der Waals surface area contributed by atoms with E-state index in [1.165, 1.54) is 6.20 Å². The highest BCUT2D eigenvalue weighted by molar-refractivity contribution is 5.89. The van der Waals surface area contributed by atoms with Gasteiger partial charge < -0.3 is 14.8 Å². The topological polar surface area (TPSA) is 77.5 Å². The van der Waals surface area contributed by atoms with Crippen LogP contribution in [0.1, 0.15) is 50.0 Å². The number of carbonyl (C=O) groups excluding carboxylic acids is 2. The van der Waals surface area contributed by atoms with Crippen molar-refractivity contribution in [3.8, 4) is 11.8 Å². The minimum Gasteiger partial charge on any atom is -0.462 e. The summed E-state index contributed by atoms with van der Waals surface area (Å²) in [6.45, 7) is 7.84. The van der Waals surface area contributed by atoms with Crippen molar-refractivity contribution in [1.29, 1.82) is 0 Å². The molecule has 0 saturated carbocycles. The van der Waals surface area contributed by atoms with Gasteiger partial charge in [0, 0.05) is 30.9 Å². The van der Waals surface area contributed by atoms with Crippen LogP contribution >= 0.6 is 0 Å². The van der Waals surface area contributed by atoms with Gasteiger partial charge in [-0.05, 0) is 33.8 Å². The van der Waals surface area contributed by atoms with Crippen LogP contribution in [0.5, 0.6) is 0 Å². The van der Waals surface area contributed by atoms with E-state index in [1.807, 2.05) is 0 Å². The summed E-state index contributed by atoms with van der Waals surface area (Å²) in [7, 11) is 0. The van der Waals surface area contributed by atoms with Crippen LogP contribution in [0, 0.1) is 11.8 Å². The molecule has 1 aromatic heterocycles. The summed E-state index contributed by atoms with van der Waals surface area (Å²) < 4.78 is 10.0. The molecule has 0 radical (unpaired) electrons. The molecule has 0 atom stereocenters. The Bertz CT molecular complexity index is 609. The van der Waals surface area contributed by atoms with Crippen molar-refractivity contribution >= 4 is 12.1 Å². The minimum absolute atomic E-state index is 0.311. The first-order valence-electron chi connectivity index (χ1n) is 7.39. The predicted octanol–water partition coefficient (Wildman–Crippen LogP) is 2.52. The molecular formula is C17H22N2O4. The lowest BCUT2D eigenvalue weighted by Crippen LogP contribution is -2.32. The summed E-state index contributed by atoms with van der Waals surface area (Å²) >= 11 is 0. The van der Waals surface area contributed by atoms with Gasteiger partial charge in [-0.1, -0.05) is 11.8 Å². The van der Waals surface area contributed by atoms with Crippen molar-refractivity contribution in [3.63, 3.8) is 0 Å². The monoisotopic (exact) mass is 318 g/mol. The van der Waals surface area contributed by atoms with E-state index in [1.54, 1.807) is 40.0 Å². The van der Waals surface area contributed by atoms with E-state index in [0.717, 1.165) is 0 Å². The molecular weight excluding hydrogens is 296 g/mol. The molecule has 0 aliphatic rings. The fourth-order valence-electron chi connectivity index (χ4n) is 1.54. The molecule has 0 unspecified atom stereocenters. The third-order valence-electron chi connectivity index (χ3n) is 2.40. The molecule has 0 aliphatic heterocycles. The van der Waals surface area contributed by atoms with Crippen molar-refractivity contribution < 1.29 is 19.1 Å². The SMILES string of the molecule is CCOC(=O)c1cncc(C#CCCNC(=O)OC(C)(C)C)c1. The third-order valence-corrected chi connectivity index (χ3v) is 2.40. The molecule has 0 aliphatic carbocycles. The summed E-state index contributed by atoms with van der Waals surface area (Å²) in [5, 5.41) is 2.62. The molecule has 23 heavy (non-hydrogen) atoms. The number of alkyl carbamates (subject to hydrolysis) is 1. The number of nitrogens with one attached hydrogen (secondary N) is 1. The Kier molecular flexibility index (Phi) is 7.07. The zero-order chi connectivity index (χ0) is 17.3. The lowest BCUT2D eigenvalue weighted by Gasteiger charge is -2.19. The molecule has 0 fully saturated rings. The number of hydrogen-bond donors (Lipinski definition) is 1. The van der Waals surface area contributed by atoms with Crippen molar-refractivity contribution in [2.45, 2.75) is 39.7 Å². The largest absolute Gasteiger partial charge is 0.462 e. The Labute approximate surface area is 136 Å². The normalized spacial score (nSPS) is 10.3. The number of ether oxygens (including phenoxy) is 2. The maximum Gasteiger partial charge on any atom is 0.407 e. The first kappa shape index (κ1) is 18.5. The quantitative estimate of drug-likeness (QED) is 0.524. The third kappa shape index (κ3) is 7.86. The van der Waals surface area contributed by atoms with Gasteiger partial charge in [-0.25, -0.2) is 9.59 Å². The number of carbonyl (C=O) groups is 2. The molecule has 0 aromatic carbocycles. The standard InChI is InChI=1S/C17H22N2O4/c1-5-22-15(20)14-10-13(11-18-12-14)8-6-7-9-19-16(21)23-17(2,3)4/h10-12H,5,7,9H2,1-4H3,(H,19,21). The molecule has 1 amide bonds. The van der Waals surface area contributed by atoms with Crippen LogP contribution in [0.4, 0.5) is 4.79 Å². The Morgan fingerprint density at radius 1 is 1.30 bits per heavy atom. The lowest BCUT2D eigenvalue weighted by atomic mass is 10.2. The lowest BCUT2D eigenvalue weighted by molar-refractivity contribution is 0.0516. The van der Waals surface area contributed by atoms with Gasteiger partial charge in [-0.3, -0.25) is 4.98 Å². The maximum absolute atomic E-state index is 11.6. The average molecular weight is 318 g/mol. The van der Waals surface area contributed by atoms with Gasteiger partial charge in [0.15, 0.2) is 0 Å². The number of pyridine rings is 1. The second-order valence-electron chi connectivity index (χ2n) is 5.66. The number of esters is 1. The van der Waals surface area contributed by atoms with Gasteiger partial charge >= 0.3 is 12.1 Å². The second-order valence-corrected chi connectivity index (χ2v) is 5.66. The zero-order valence-electron chi connectivity index (χ0n) is 13.9. The Morgan fingerprint density at radius 3 is 2.70 bits per heavy atom. The van der Waals surface area contributed by atoms with Crippen LogP contribution in [-0.2, 0) is 9.47 Å². The molecule has 1 heterocycles. The molecule has 1 aromatic rings. The molecule has 0 saturated heterocycles. The van der Waals surface area contributed by atoms with Crippen LogP contribution in [-0.4, -0.2) is 35.8 Å². The van der Waals surface area contributed by atoms with Crippen molar-refractivity contribution in [2.24, 2.45) is 0 Å². The van der Waals surface area contributed by atoms with Gasteiger partial charge in [0.25, 0.3) is 0 Å². The zero-order valence-corrected chi connectivity index (χ0v) is 13.9. The van der Waals surface area contributed by atoms with Gasteiger partial charge in [-0.2, -0.15) is 0 Å². The first-order valence-corrected chi connectivity index (χ1v) is 7.39. The molecule has 6 heteroatoms. The number of aromatic nitrogens is 1. The number of amides is 1. The fourth-order valence-corrected chi connectivity index (χ4v) is 1.54. The fraction of sp³-hybridized carbons (Fsp3) is 0.471. The molecule has 0 bridgehead atoms. The van der Waals surface area contributed by atoms with E-state index in [9.17, 15) is 9.59 Å². The summed E-state index contributed by atoms with van der Waals surface area (Å²) in [5.41, 5.74) is 0.466. The Hall–Kier alpha value is -2.55. The van der Waals surface area contributed by atoms with E-state index in [2.05, 4.69) is 22.1 Å². The summed E-state index contributed by atoms with van der Waals surface area (Å²) in [5.74, 6) is 5.38. The van der Waals surface area contributed by atoms with E-state index in [-0.39, 0.29) is 0 Å². The average Bonchev–Trinajstić information content (AvgIpc) is 2.45. The van der Waals surface area contributed by atoms with E-state index in [4.69, 9.17) is 9.47 Å². The number of hydrogen-bond acceptors (Lipinski definition) is 5. The number of rotatable bonds is 4. The highest BCUT2D eigenvalue weighted by Gasteiger charge is 2.15. The first-order chi connectivity index (χ1) is 10.8. The second kappa shape index (κ2) is 8.79. The van der Waals surface area contributed by atoms with Crippen molar-refractivity contribution in [1.82, 2.24) is 10.3 Å². The molecule has 124 valence electrons. The van der Waals surface area contributed by atoms with Crippen LogP contribution < -0.4 is 5.32 Å². The van der Waals surface area contributed by atoms with Gasteiger partial charge in [0.1, 0.15) is 5.60 Å². The van der Waals surface area contributed by atoms with Crippen molar-refractivity contribution in [2.75, 3.05) is 13.2 Å². The van der Waals surface area contributed by atoms with Crippen LogP contribution in [0.3, 0.4) is 0 Å². The van der Waals surface area contributed by atoms with E-state index >= 15 is 0 Å². The smallest absolute Gasteiger partial charge is 0.407 e. The van der Waals surface area contributed by atoms with E-state index < -0.39 is 17.7 Å². The molecule has 6 nitrogen and oxygen atoms in total. The number of nitrogens with zero attached hydrogens (tertiary/aromatic N) is 1. The van der Waals surface area contributed by atoms with Crippen molar-refractivity contribution in [3.05, 3.63) is 29.6 Å². The summed E-state index contributed by atoms with van der Waals surface area (Å²) in [6, 6.07) is 1.62. The molecule has 1 rings (SSSR count). The van der Waals surface area contributed by atoms with E-state index in [0.29, 0.717) is 30.7 Å². The predicted molar refractivity (Wildman–Crippen MR) is 85.9 cm³/mol. The highest BCUT2D eigenvalue weighted by atomic mass is 16.6. The molecule has 0 spiro atoms. The van der Waals surface area contributed by atoms with Gasteiger partial charge in [0.2, 0.25) is 0 Å². The van der Waals surface area contributed by atoms with Crippen LogP contribution in [0.25, 0.3) is 0 Å². The van der Waals surface area contributed by atoms with Crippen LogP contribution in [0.2, 0.25) is 0 Å². The Morgan fingerprint density at radius 2 is 2.04 bits per heavy atom. The summed E-state index contributed by atoms with van der Waals surface area (Å²) in [4.78, 5) is 27.0. The van der Waals surface area contributed by atoms with Crippen LogP contribution in [0.15, 0.2) is 18.5 Å².